The molecule has 1 N–H and O–H groups in total. The predicted molar refractivity (Wildman–Crippen MR) is 89.6 cm³/mol. The summed E-state index contributed by atoms with van der Waals surface area (Å²) in [5, 5.41) is 3.01. The van der Waals surface area contributed by atoms with Gasteiger partial charge in [-0.1, -0.05) is 19.9 Å². The number of nitrogens with one attached hydrogen (secondary N) is 1. The fourth-order valence-electron chi connectivity index (χ4n) is 2.99. The molecule has 126 valence electrons. The number of aromatic nitrogens is 1. The number of rotatable bonds is 5. The second-order valence-electron chi connectivity index (χ2n) is 6.67. The maximum Gasteiger partial charge on any atom is 0.225 e. The first-order valence-electron chi connectivity index (χ1n) is 8.46. The van der Waals surface area contributed by atoms with Crippen molar-refractivity contribution < 1.29 is 9.59 Å². The van der Waals surface area contributed by atoms with E-state index in [0.29, 0.717) is 12.3 Å². The predicted octanol–water partition coefficient (Wildman–Crippen LogP) is 2.54. The van der Waals surface area contributed by atoms with Crippen LogP contribution in [0.15, 0.2) is 24.4 Å². The van der Waals surface area contributed by atoms with Crippen LogP contribution in [-0.4, -0.2) is 34.8 Å². The van der Waals surface area contributed by atoms with Crippen molar-refractivity contribution in [3.05, 3.63) is 30.1 Å². The molecule has 0 aromatic carbocycles. The molecule has 2 rings (SSSR count). The lowest BCUT2D eigenvalue weighted by atomic mass is 9.92. The van der Waals surface area contributed by atoms with Gasteiger partial charge in [0.05, 0.1) is 11.7 Å². The summed E-state index contributed by atoms with van der Waals surface area (Å²) >= 11 is 0. The molecule has 5 nitrogen and oxygen atoms in total. The van der Waals surface area contributed by atoms with E-state index in [9.17, 15) is 9.59 Å². The quantitative estimate of drug-likeness (QED) is 0.908. The van der Waals surface area contributed by atoms with E-state index in [1.54, 1.807) is 6.20 Å². The molecule has 0 aliphatic carbocycles. The Bertz CT molecular complexity index is 522. The van der Waals surface area contributed by atoms with Crippen LogP contribution in [0.4, 0.5) is 0 Å². The summed E-state index contributed by atoms with van der Waals surface area (Å²) in [4.78, 5) is 30.4. The van der Waals surface area contributed by atoms with Gasteiger partial charge in [0, 0.05) is 31.6 Å². The van der Waals surface area contributed by atoms with Gasteiger partial charge in [0.2, 0.25) is 11.8 Å². The number of pyridine rings is 1. The molecule has 0 unspecified atom stereocenters. The number of carbonyl (C=O) groups excluding carboxylic acids is 2. The molecule has 1 aliphatic rings. The summed E-state index contributed by atoms with van der Waals surface area (Å²) < 4.78 is 0. The van der Waals surface area contributed by atoms with Crippen molar-refractivity contribution in [2.45, 2.75) is 46.1 Å². The van der Waals surface area contributed by atoms with Crippen LogP contribution in [0.25, 0.3) is 0 Å². The first-order valence-corrected chi connectivity index (χ1v) is 8.46. The van der Waals surface area contributed by atoms with E-state index < -0.39 is 0 Å². The van der Waals surface area contributed by atoms with E-state index in [0.717, 1.165) is 31.6 Å². The zero-order valence-electron chi connectivity index (χ0n) is 14.3. The molecule has 5 heteroatoms. The van der Waals surface area contributed by atoms with Gasteiger partial charge in [0.15, 0.2) is 0 Å². The van der Waals surface area contributed by atoms with Crippen molar-refractivity contribution in [2.75, 3.05) is 13.1 Å². The number of piperidine rings is 1. The van der Waals surface area contributed by atoms with Crippen molar-refractivity contribution in [1.29, 1.82) is 0 Å². The number of likely N-dealkylation sites (tertiary alicyclic amines) is 1. The lowest BCUT2D eigenvalue weighted by Crippen LogP contribution is -2.41. The molecule has 0 spiro atoms. The Labute approximate surface area is 138 Å². The van der Waals surface area contributed by atoms with Gasteiger partial charge in [0.1, 0.15) is 0 Å². The maximum absolute atomic E-state index is 12.2. The fraction of sp³-hybridized carbons (Fsp3) is 0.611. The van der Waals surface area contributed by atoms with Gasteiger partial charge in [-0.15, -0.1) is 0 Å². The van der Waals surface area contributed by atoms with Crippen molar-refractivity contribution in [3.8, 4) is 0 Å². The van der Waals surface area contributed by atoms with E-state index in [2.05, 4.69) is 10.3 Å². The van der Waals surface area contributed by atoms with E-state index >= 15 is 0 Å². The number of carbonyl (C=O) groups is 2. The monoisotopic (exact) mass is 317 g/mol. The molecule has 1 saturated heterocycles. The van der Waals surface area contributed by atoms with Crippen molar-refractivity contribution in [2.24, 2.45) is 11.8 Å². The van der Waals surface area contributed by atoms with Crippen molar-refractivity contribution in [1.82, 2.24) is 15.2 Å². The Kier molecular flexibility index (Phi) is 6.13. The Hall–Kier alpha value is -1.91. The molecule has 1 atom stereocenters. The number of hydrogen-bond donors (Lipinski definition) is 1. The van der Waals surface area contributed by atoms with Gasteiger partial charge >= 0.3 is 0 Å². The van der Waals surface area contributed by atoms with Crippen molar-refractivity contribution in [3.63, 3.8) is 0 Å². The minimum absolute atomic E-state index is 0.0501. The van der Waals surface area contributed by atoms with E-state index in [4.69, 9.17) is 0 Å². The summed E-state index contributed by atoms with van der Waals surface area (Å²) in [6, 6.07) is 5.63. The minimum Gasteiger partial charge on any atom is -0.348 e. The summed E-state index contributed by atoms with van der Waals surface area (Å²) in [6.07, 6.45) is 4.08. The van der Waals surface area contributed by atoms with Crippen LogP contribution in [-0.2, 0) is 9.59 Å². The molecule has 0 bridgehead atoms. The summed E-state index contributed by atoms with van der Waals surface area (Å²) in [6.45, 7) is 7.35. The molecular weight excluding hydrogens is 290 g/mol. The second kappa shape index (κ2) is 8.09. The Morgan fingerprint density at radius 1 is 1.26 bits per heavy atom. The largest absolute Gasteiger partial charge is 0.348 e. The fourth-order valence-corrected chi connectivity index (χ4v) is 2.99. The molecule has 23 heavy (non-hydrogen) atoms. The third-order valence-corrected chi connectivity index (χ3v) is 4.40. The van der Waals surface area contributed by atoms with E-state index in [1.807, 2.05) is 43.9 Å². The van der Waals surface area contributed by atoms with Gasteiger partial charge < -0.3 is 10.2 Å². The summed E-state index contributed by atoms with van der Waals surface area (Å²) in [5.41, 5.74) is 0.873. The molecule has 2 heterocycles. The average Bonchev–Trinajstić information content (AvgIpc) is 2.55. The molecule has 2 amide bonds. The standard InChI is InChI=1S/C18H27N3O2/c1-13(2)18(23)21-10-7-15(8-11-21)12-17(22)20-14(3)16-6-4-5-9-19-16/h4-6,9,13-15H,7-8,10-12H2,1-3H3,(H,20,22)/t14-/m0/s1. The molecule has 0 saturated carbocycles. The smallest absolute Gasteiger partial charge is 0.225 e. The Balaban J connectivity index is 1.76. The van der Waals surface area contributed by atoms with Gasteiger partial charge in [-0.3, -0.25) is 14.6 Å². The van der Waals surface area contributed by atoms with Crippen LogP contribution in [0, 0.1) is 11.8 Å². The summed E-state index contributed by atoms with van der Waals surface area (Å²) in [5.74, 6) is 0.699. The van der Waals surface area contributed by atoms with E-state index in [-0.39, 0.29) is 23.8 Å². The highest BCUT2D eigenvalue weighted by atomic mass is 16.2. The molecular formula is C18H27N3O2. The maximum atomic E-state index is 12.2. The second-order valence-corrected chi connectivity index (χ2v) is 6.67. The topological polar surface area (TPSA) is 62.3 Å². The first kappa shape index (κ1) is 17.4. The minimum atomic E-state index is -0.0775. The molecule has 1 aromatic rings. The molecule has 0 radical (unpaired) electrons. The van der Waals surface area contributed by atoms with Crippen LogP contribution in [0.2, 0.25) is 0 Å². The molecule has 1 aromatic heterocycles. The van der Waals surface area contributed by atoms with Crippen LogP contribution in [0.5, 0.6) is 0 Å². The number of amides is 2. The van der Waals surface area contributed by atoms with E-state index in [1.165, 1.54) is 0 Å². The zero-order valence-corrected chi connectivity index (χ0v) is 14.3. The first-order chi connectivity index (χ1) is 11.0. The third kappa shape index (κ3) is 5.05. The van der Waals surface area contributed by atoms with Crippen LogP contribution in [0.3, 0.4) is 0 Å². The summed E-state index contributed by atoms with van der Waals surface area (Å²) in [7, 11) is 0. The van der Waals surface area contributed by atoms with Gasteiger partial charge in [-0.05, 0) is 37.8 Å². The lowest BCUT2D eigenvalue weighted by Gasteiger charge is -2.33. The van der Waals surface area contributed by atoms with Gasteiger partial charge in [-0.2, -0.15) is 0 Å². The average molecular weight is 317 g/mol. The number of nitrogens with zero attached hydrogens (tertiary/aromatic N) is 2. The van der Waals surface area contributed by atoms with Crippen LogP contribution in [0.1, 0.15) is 51.8 Å². The zero-order chi connectivity index (χ0) is 16.8. The lowest BCUT2D eigenvalue weighted by molar-refractivity contribution is -0.136. The molecule has 1 fully saturated rings. The Morgan fingerprint density at radius 3 is 2.52 bits per heavy atom. The highest BCUT2D eigenvalue weighted by Gasteiger charge is 2.25. The highest BCUT2D eigenvalue weighted by molar-refractivity contribution is 5.78. The van der Waals surface area contributed by atoms with Crippen molar-refractivity contribution >= 4 is 11.8 Å². The number of hydrogen-bond acceptors (Lipinski definition) is 3. The Morgan fingerprint density at radius 2 is 1.96 bits per heavy atom. The normalized spacial score (nSPS) is 17.1. The van der Waals surface area contributed by atoms with Gasteiger partial charge in [0.25, 0.3) is 0 Å². The van der Waals surface area contributed by atoms with Crippen LogP contribution >= 0.6 is 0 Å². The van der Waals surface area contributed by atoms with Gasteiger partial charge in [-0.25, -0.2) is 0 Å². The SMILES string of the molecule is CC(C)C(=O)N1CCC(CC(=O)N[C@@H](C)c2ccccn2)CC1. The van der Waals surface area contributed by atoms with Crippen LogP contribution < -0.4 is 5.32 Å². The molecule has 1 aliphatic heterocycles. The highest BCUT2D eigenvalue weighted by Crippen LogP contribution is 2.22. The third-order valence-electron chi connectivity index (χ3n) is 4.40.